The van der Waals surface area contributed by atoms with Gasteiger partial charge in [-0.05, 0) is 35.6 Å². The molecule has 0 aliphatic carbocycles. The topological polar surface area (TPSA) is 121 Å². The number of aliphatic hydroxyl groups is 6. The highest BCUT2D eigenvalue weighted by Crippen LogP contribution is 2.19. The van der Waals surface area contributed by atoms with Gasteiger partial charge in [-0.3, -0.25) is 0 Å². The second kappa shape index (κ2) is 9.00. The third-order valence-corrected chi connectivity index (χ3v) is 3.86. The molecule has 1 aromatic carbocycles. The second-order valence-corrected chi connectivity index (χ2v) is 5.49. The largest absolute Gasteiger partial charge is 0.509 e. The molecule has 0 spiro atoms. The Balaban J connectivity index is 3.03. The van der Waals surface area contributed by atoms with Gasteiger partial charge in [-0.1, -0.05) is 32.0 Å². The van der Waals surface area contributed by atoms with Crippen LogP contribution in [0, 0.1) is 0 Å². The van der Waals surface area contributed by atoms with Gasteiger partial charge >= 0.3 is 0 Å². The Bertz CT molecular complexity index is 528. The van der Waals surface area contributed by atoms with Crippen molar-refractivity contribution in [3.05, 3.63) is 40.6 Å². The molecule has 6 N–H and O–H groups in total. The Labute approximate surface area is 136 Å². The van der Waals surface area contributed by atoms with Gasteiger partial charge in [0.2, 0.25) is 0 Å². The summed E-state index contributed by atoms with van der Waals surface area (Å²) in [7, 11) is 0. The Hall–Kier alpha value is -1.44. The van der Waals surface area contributed by atoms with E-state index in [0.29, 0.717) is 5.56 Å². The molecule has 0 aliphatic rings. The maximum atomic E-state index is 10.0. The number of benzene rings is 1. The summed E-state index contributed by atoms with van der Waals surface area (Å²) in [5.41, 5.74) is 2.74. The van der Waals surface area contributed by atoms with E-state index in [1.165, 1.54) is 6.08 Å². The average molecular weight is 326 g/mol. The number of rotatable bonds is 8. The summed E-state index contributed by atoms with van der Waals surface area (Å²) in [6.45, 7) is 3.19. The third-order valence-electron chi connectivity index (χ3n) is 3.86. The minimum absolute atomic E-state index is 0.523. The Morgan fingerprint density at radius 3 is 2.22 bits per heavy atom. The molecule has 4 atom stereocenters. The van der Waals surface area contributed by atoms with Crippen molar-refractivity contribution in [1.82, 2.24) is 0 Å². The van der Waals surface area contributed by atoms with Crippen molar-refractivity contribution in [3.63, 3.8) is 0 Å². The van der Waals surface area contributed by atoms with Gasteiger partial charge in [-0.15, -0.1) is 0 Å². The zero-order chi connectivity index (χ0) is 17.6. The molecule has 23 heavy (non-hydrogen) atoms. The zero-order valence-electron chi connectivity index (χ0n) is 13.4. The van der Waals surface area contributed by atoms with E-state index in [4.69, 9.17) is 5.11 Å². The summed E-state index contributed by atoms with van der Waals surface area (Å²) in [5.74, 6) is -0.523. The summed E-state index contributed by atoms with van der Waals surface area (Å²) in [4.78, 5) is 0. The molecule has 6 heteroatoms. The first-order valence-corrected chi connectivity index (χ1v) is 7.71. The number of aryl methyl sites for hydroxylation is 2. The van der Waals surface area contributed by atoms with E-state index in [-0.39, 0.29) is 0 Å². The van der Waals surface area contributed by atoms with Crippen molar-refractivity contribution < 1.29 is 30.6 Å². The monoisotopic (exact) mass is 326 g/mol. The van der Waals surface area contributed by atoms with Gasteiger partial charge in [0.05, 0.1) is 6.61 Å². The van der Waals surface area contributed by atoms with Gasteiger partial charge in [0.25, 0.3) is 0 Å². The van der Waals surface area contributed by atoms with Crippen molar-refractivity contribution in [2.75, 3.05) is 6.61 Å². The number of hydrogen-bond donors (Lipinski definition) is 6. The summed E-state index contributed by atoms with van der Waals surface area (Å²) >= 11 is 0. The van der Waals surface area contributed by atoms with Gasteiger partial charge in [0.1, 0.15) is 30.2 Å². The second-order valence-electron chi connectivity index (χ2n) is 5.49. The van der Waals surface area contributed by atoms with Gasteiger partial charge in [0, 0.05) is 0 Å². The van der Waals surface area contributed by atoms with Gasteiger partial charge in [-0.2, -0.15) is 0 Å². The van der Waals surface area contributed by atoms with Gasteiger partial charge < -0.3 is 30.6 Å². The first kappa shape index (κ1) is 19.6. The molecule has 0 saturated heterocycles. The molecule has 0 fully saturated rings. The smallest absolute Gasteiger partial charge is 0.139 e. The van der Waals surface area contributed by atoms with Crippen molar-refractivity contribution >= 4 is 6.08 Å². The van der Waals surface area contributed by atoms with Crippen LogP contribution in [0.4, 0.5) is 0 Å². The van der Waals surface area contributed by atoms with Crippen LogP contribution in [0.3, 0.4) is 0 Å². The lowest BCUT2D eigenvalue weighted by Gasteiger charge is -2.25. The SMILES string of the molecule is CCc1ccc(CC)c(C=C(O)C(O)C(O)C(O)C(O)CO)c1. The van der Waals surface area contributed by atoms with Crippen molar-refractivity contribution in [3.8, 4) is 0 Å². The summed E-state index contributed by atoms with van der Waals surface area (Å²) in [6, 6.07) is 5.80. The average Bonchev–Trinajstić information content (AvgIpc) is 2.58. The highest BCUT2D eigenvalue weighted by atomic mass is 16.4. The fourth-order valence-electron chi connectivity index (χ4n) is 2.26. The molecule has 130 valence electrons. The molecule has 0 amide bonds. The lowest BCUT2D eigenvalue weighted by atomic mass is 9.97. The Morgan fingerprint density at radius 2 is 1.70 bits per heavy atom. The maximum Gasteiger partial charge on any atom is 0.139 e. The number of hydrogen-bond acceptors (Lipinski definition) is 6. The van der Waals surface area contributed by atoms with Gasteiger partial charge in [0.15, 0.2) is 0 Å². The van der Waals surface area contributed by atoms with Crippen LogP contribution in [0.5, 0.6) is 0 Å². The highest BCUT2D eigenvalue weighted by Gasteiger charge is 2.32. The minimum Gasteiger partial charge on any atom is -0.509 e. The van der Waals surface area contributed by atoms with E-state index in [1.54, 1.807) is 0 Å². The number of aliphatic hydroxyl groups excluding tert-OH is 6. The summed E-state index contributed by atoms with van der Waals surface area (Å²) < 4.78 is 0. The minimum atomic E-state index is -1.83. The van der Waals surface area contributed by atoms with E-state index < -0.39 is 36.8 Å². The normalized spacial score (nSPS) is 17.6. The highest BCUT2D eigenvalue weighted by molar-refractivity contribution is 5.57. The molecular formula is C17H26O6. The van der Waals surface area contributed by atoms with Crippen LogP contribution in [0.1, 0.15) is 30.5 Å². The van der Waals surface area contributed by atoms with Crippen LogP contribution >= 0.6 is 0 Å². The van der Waals surface area contributed by atoms with Crippen LogP contribution in [0.2, 0.25) is 0 Å². The van der Waals surface area contributed by atoms with E-state index in [1.807, 2.05) is 32.0 Å². The van der Waals surface area contributed by atoms with E-state index in [2.05, 4.69) is 0 Å². The molecule has 0 aromatic heterocycles. The fraction of sp³-hybridized carbons (Fsp3) is 0.529. The molecular weight excluding hydrogens is 300 g/mol. The van der Waals surface area contributed by atoms with Crippen LogP contribution in [-0.4, -0.2) is 61.7 Å². The first-order chi connectivity index (χ1) is 10.8. The predicted octanol–water partition coefficient (Wildman–Crippen LogP) is 0.146. The molecule has 6 nitrogen and oxygen atoms in total. The predicted molar refractivity (Wildman–Crippen MR) is 86.9 cm³/mol. The lowest BCUT2D eigenvalue weighted by Crippen LogP contribution is -2.46. The molecule has 0 heterocycles. The molecule has 1 aromatic rings. The molecule has 0 radical (unpaired) electrons. The summed E-state index contributed by atoms with van der Waals surface area (Å²) in [6.07, 6.45) is -4.11. The lowest BCUT2D eigenvalue weighted by molar-refractivity contribution is -0.112. The van der Waals surface area contributed by atoms with Crippen molar-refractivity contribution in [2.45, 2.75) is 51.1 Å². The van der Waals surface area contributed by atoms with Gasteiger partial charge in [-0.25, -0.2) is 0 Å². The zero-order valence-corrected chi connectivity index (χ0v) is 13.4. The molecule has 1 rings (SSSR count). The van der Waals surface area contributed by atoms with E-state index >= 15 is 0 Å². The Kier molecular flexibility index (Phi) is 7.67. The fourth-order valence-corrected chi connectivity index (χ4v) is 2.26. The van der Waals surface area contributed by atoms with Crippen molar-refractivity contribution in [2.24, 2.45) is 0 Å². The molecule has 0 bridgehead atoms. The van der Waals surface area contributed by atoms with E-state index in [9.17, 15) is 25.5 Å². The van der Waals surface area contributed by atoms with Crippen LogP contribution in [0.15, 0.2) is 24.0 Å². The quantitative estimate of drug-likeness (QED) is 0.378. The third kappa shape index (κ3) is 5.02. The Morgan fingerprint density at radius 1 is 1.04 bits per heavy atom. The first-order valence-electron chi connectivity index (χ1n) is 7.71. The van der Waals surface area contributed by atoms with Crippen LogP contribution in [0.25, 0.3) is 6.08 Å². The molecule has 0 saturated carbocycles. The van der Waals surface area contributed by atoms with E-state index in [0.717, 1.165) is 24.0 Å². The van der Waals surface area contributed by atoms with Crippen LogP contribution < -0.4 is 0 Å². The van der Waals surface area contributed by atoms with Crippen molar-refractivity contribution in [1.29, 1.82) is 0 Å². The standard InChI is InChI=1S/C17H26O6/c1-3-10-5-6-11(4-2)12(7-10)8-13(19)15(21)17(23)16(22)14(20)9-18/h5-8,14-23H,3-4,9H2,1-2H3. The maximum absolute atomic E-state index is 10.0. The molecule has 4 unspecified atom stereocenters. The molecule has 0 aliphatic heterocycles. The summed E-state index contributed by atoms with van der Waals surface area (Å²) in [5, 5.41) is 57.4. The van der Waals surface area contributed by atoms with Crippen LogP contribution in [-0.2, 0) is 12.8 Å².